The van der Waals surface area contributed by atoms with Gasteiger partial charge in [0.1, 0.15) is 6.61 Å². The fourth-order valence-corrected chi connectivity index (χ4v) is 3.10. The van der Waals surface area contributed by atoms with Crippen molar-refractivity contribution in [3.63, 3.8) is 0 Å². The summed E-state index contributed by atoms with van der Waals surface area (Å²) in [4.78, 5) is 21.8. The molecule has 12 heteroatoms. The standard InChI is InChI=1S/C28H54O12/c1-2-3-4-7-10-32-11-12-33-13-14-34-15-16-35-17-18-36-19-20-37-21-22-38-23-24-39-25-26-40-28(31)9-6-5-8-27(29)30/h2-26H2,1H3,(H,29,30). The molecule has 0 saturated heterocycles. The maximum Gasteiger partial charge on any atom is 0.305 e. The summed E-state index contributed by atoms with van der Waals surface area (Å²) in [6.07, 6.45) is 6.13. The molecule has 0 bridgehead atoms. The minimum absolute atomic E-state index is 0.0652. The predicted molar refractivity (Wildman–Crippen MR) is 148 cm³/mol. The molecule has 238 valence electrons. The molecule has 0 heterocycles. The number of carboxylic acid groups (broad SMARTS) is 1. The van der Waals surface area contributed by atoms with Gasteiger partial charge in [0.15, 0.2) is 0 Å². The quantitative estimate of drug-likeness (QED) is 0.0882. The van der Waals surface area contributed by atoms with Gasteiger partial charge in [-0.15, -0.1) is 0 Å². The van der Waals surface area contributed by atoms with Gasteiger partial charge in [-0.3, -0.25) is 9.59 Å². The fourth-order valence-electron chi connectivity index (χ4n) is 3.10. The second-order valence-corrected chi connectivity index (χ2v) is 8.78. The van der Waals surface area contributed by atoms with E-state index in [1.807, 2.05) is 0 Å². The van der Waals surface area contributed by atoms with Gasteiger partial charge in [-0.1, -0.05) is 26.2 Å². The number of esters is 1. The predicted octanol–water partition coefficient (Wildman–Crippen LogP) is 2.89. The lowest BCUT2D eigenvalue weighted by molar-refractivity contribution is -0.146. The maximum absolute atomic E-state index is 11.5. The van der Waals surface area contributed by atoms with Crippen molar-refractivity contribution in [3.8, 4) is 0 Å². The largest absolute Gasteiger partial charge is 0.481 e. The number of unbranched alkanes of at least 4 members (excludes halogenated alkanes) is 4. The fraction of sp³-hybridized carbons (Fsp3) is 0.929. The third-order valence-corrected chi connectivity index (χ3v) is 5.26. The van der Waals surface area contributed by atoms with Crippen molar-refractivity contribution in [2.75, 3.05) is 112 Å². The second kappa shape index (κ2) is 33.8. The van der Waals surface area contributed by atoms with Gasteiger partial charge in [-0.05, 0) is 19.3 Å². The molecule has 0 spiro atoms. The van der Waals surface area contributed by atoms with Crippen molar-refractivity contribution in [2.24, 2.45) is 0 Å². The molecule has 0 saturated carbocycles. The van der Waals surface area contributed by atoms with Crippen LogP contribution < -0.4 is 0 Å². The molecule has 0 aliphatic heterocycles. The summed E-state index contributed by atoms with van der Waals surface area (Å²) in [5.41, 5.74) is 0. The van der Waals surface area contributed by atoms with Gasteiger partial charge < -0.3 is 47.7 Å². The monoisotopic (exact) mass is 582 g/mol. The first-order valence-corrected chi connectivity index (χ1v) is 14.7. The molecule has 0 aromatic heterocycles. The molecule has 0 aliphatic rings. The van der Waals surface area contributed by atoms with Crippen molar-refractivity contribution in [2.45, 2.75) is 58.3 Å². The topological polar surface area (TPSA) is 137 Å². The lowest BCUT2D eigenvalue weighted by atomic mass is 10.2. The first-order valence-electron chi connectivity index (χ1n) is 14.7. The van der Waals surface area contributed by atoms with Crippen LogP contribution >= 0.6 is 0 Å². The normalized spacial score (nSPS) is 11.2. The van der Waals surface area contributed by atoms with Crippen LogP contribution in [0.25, 0.3) is 0 Å². The Labute approximate surface area is 240 Å². The highest BCUT2D eigenvalue weighted by atomic mass is 16.6. The number of ether oxygens (including phenoxy) is 9. The van der Waals surface area contributed by atoms with Crippen molar-refractivity contribution >= 4 is 11.9 Å². The summed E-state index contributed by atoms with van der Waals surface area (Å²) >= 11 is 0. The highest BCUT2D eigenvalue weighted by molar-refractivity contribution is 5.69. The Morgan fingerprint density at radius 3 is 1.15 bits per heavy atom. The highest BCUT2D eigenvalue weighted by Gasteiger charge is 2.04. The molecule has 0 unspecified atom stereocenters. The smallest absolute Gasteiger partial charge is 0.305 e. The number of carboxylic acids is 1. The van der Waals surface area contributed by atoms with E-state index in [9.17, 15) is 9.59 Å². The van der Waals surface area contributed by atoms with Crippen molar-refractivity contribution < 1.29 is 57.3 Å². The molecule has 0 atom stereocenters. The molecule has 12 nitrogen and oxygen atoms in total. The number of carbonyl (C=O) groups is 2. The van der Waals surface area contributed by atoms with E-state index in [0.29, 0.717) is 112 Å². The van der Waals surface area contributed by atoms with Crippen LogP contribution in [-0.4, -0.2) is 129 Å². The average Bonchev–Trinajstić information content (AvgIpc) is 2.94. The van der Waals surface area contributed by atoms with Gasteiger partial charge in [0, 0.05) is 19.4 Å². The lowest BCUT2D eigenvalue weighted by Crippen LogP contribution is -2.15. The third-order valence-electron chi connectivity index (χ3n) is 5.26. The molecule has 0 aliphatic carbocycles. The van der Waals surface area contributed by atoms with E-state index in [4.69, 9.17) is 47.7 Å². The second-order valence-electron chi connectivity index (χ2n) is 8.78. The van der Waals surface area contributed by atoms with Crippen LogP contribution in [0.5, 0.6) is 0 Å². The average molecular weight is 583 g/mol. The van der Waals surface area contributed by atoms with Gasteiger partial charge in [0.05, 0.1) is 99.1 Å². The molecule has 0 aromatic rings. The number of rotatable bonds is 34. The molecule has 0 fully saturated rings. The molecular weight excluding hydrogens is 528 g/mol. The number of aliphatic carboxylic acids is 1. The Kier molecular flexibility index (Phi) is 32.7. The Balaban J connectivity index is 3.09. The van der Waals surface area contributed by atoms with Crippen molar-refractivity contribution in [1.82, 2.24) is 0 Å². The van der Waals surface area contributed by atoms with Crippen LogP contribution in [-0.2, 0) is 52.2 Å². The van der Waals surface area contributed by atoms with E-state index >= 15 is 0 Å². The highest BCUT2D eigenvalue weighted by Crippen LogP contribution is 2.01. The number of carbonyl (C=O) groups excluding carboxylic acids is 1. The van der Waals surface area contributed by atoms with Crippen LogP contribution in [0.4, 0.5) is 0 Å². The summed E-state index contributed by atoms with van der Waals surface area (Å²) in [6, 6.07) is 0. The molecule has 0 amide bonds. The third kappa shape index (κ3) is 34.6. The number of hydrogen-bond acceptors (Lipinski definition) is 11. The van der Waals surface area contributed by atoms with E-state index < -0.39 is 5.97 Å². The molecule has 40 heavy (non-hydrogen) atoms. The van der Waals surface area contributed by atoms with Crippen molar-refractivity contribution in [1.29, 1.82) is 0 Å². The number of hydrogen-bond donors (Lipinski definition) is 1. The SMILES string of the molecule is CCCCCCOCCOCCOCCOCCOCCOCCOCCOCCOC(=O)CCCCC(=O)O. The zero-order valence-corrected chi connectivity index (χ0v) is 24.6. The van der Waals surface area contributed by atoms with Crippen LogP contribution in [0.3, 0.4) is 0 Å². The molecule has 0 radical (unpaired) electrons. The Hall–Kier alpha value is -1.38. The summed E-state index contributed by atoms with van der Waals surface area (Å²) in [7, 11) is 0. The van der Waals surface area contributed by atoms with Gasteiger partial charge in [-0.25, -0.2) is 0 Å². The van der Waals surface area contributed by atoms with Crippen molar-refractivity contribution in [3.05, 3.63) is 0 Å². The van der Waals surface area contributed by atoms with Crippen LogP contribution in [0, 0.1) is 0 Å². The first-order chi connectivity index (χ1) is 19.7. The maximum atomic E-state index is 11.5. The van der Waals surface area contributed by atoms with Gasteiger partial charge >= 0.3 is 11.9 Å². The van der Waals surface area contributed by atoms with E-state index in [-0.39, 0.29) is 25.4 Å². The van der Waals surface area contributed by atoms with E-state index in [1.165, 1.54) is 19.3 Å². The van der Waals surface area contributed by atoms with Crippen LogP contribution in [0.1, 0.15) is 58.3 Å². The molecular formula is C28H54O12. The van der Waals surface area contributed by atoms with Crippen LogP contribution in [0.15, 0.2) is 0 Å². The molecule has 0 aromatic carbocycles. The van der Waals surface area contributed by atoms with Gasteiger partial charge in [-0.2, -0.15) is 0 Å². The minimum Gasteiger partial charge on any atom is -0.481 e. The Bertz CT molecular complexity index is 535. The summed E-state index contributed by atoms with van der Waals surface area (Å²) < 4.78 is 48.5. The minimum atomic E-state index is -0.859. The molecule has 1 N–H and O–H groups in total. The zero-order valence-electron chi connectivity index (χ0n) is 24.6. The van der Waals surface area contributed by atoms with Gasteiger partial charge in [0.25, 0.3) is 0 Å². The summed E-state index contributed by atoms with van der Waals surface area (Å²) in [6.45, 7) is 10.6. The first kappa shape index (κ1) is 38.6. The Morgan fingerprint density at radius 2 is 0.775 bits per heavy atom. The Morgan fingerprint density at radius 1 is 0.425 bits per heavy atom. The zero-order chi connectivity index (χ0) is 29.2. The molecule has 0 rings (SSSR count). The van der Waals surface area contributed by atoms with Crippen LogP contribution in [0.2, 0.25) is 0 Å². The lowest BCUT2D eigenvalue weighted by Gasteiger charge is -2.09. The van der Waals surface area contributed by atoms with Gasteiger partial charge in [0.2, 0.25) is 0 Å². The summed E-state index contributed by atoms with van der Waals surface area (Å²) in [5.74, 6) is -1.20. The van der Waals surface area contributed by atoms with E-state index in [2.05, 4.69) is 6.92 Å². The van der Waals surface area contributed by atoms with E-state index in [1.54, 1.807) is 0 Å². The summed E-state index contributed by atoms with van der Waals surface area (Å²) in [5, 5.41) is 8.53. The van der Waals surface area contributed by atoms with E-state index in [0.717, 1.165) is 13.0 Å².